The Morgan fingerprint density at radius 3 is 2.29 bits per heavy atom. The molecule has 0 saturated carbocycles. The average Bonchev–Trinajstić information content (AvgIpc) is 2.88. The van der Waals surface area contributed by atoms with Gasteiger partial charge in [-0.1, -0.05) is 30.9 Å². The maximum Gasteiger partial charge on any atom is 0.338 e. The van der Waals surface area contributed by atoms with Gasteiger partial charge < -0.3 is 20.1 Å². The summed E-state index contributed by atoms with van der Waals surface area (Å²) in [5.74, 6) is -1.86. The zero-order valence-electron chi connectivity index (χ0n) is 22.2. The largest absolute Gasteiger partial charge is 0.490 e. The van der Waals surface area contributed by atoms with Crippen LogP contribution in [0.2, 0.25) is 0 Å². The molecule has 7 N–H and O–H groups in total. The molecule has 1 aromatic carbocycles. The number of amides is 2. The maximum atomic E-state index is 13.4. The molecule has 0 aromatic heterocycles. The summed E-state index contributed by atoms with van der Waals surface area (Å²) in [6.45, 7) is 9.30. The summed E-state index contributed by atoms with van der Waals surface area (Å²) in [5.41, 5.74) is 11.7. The Morgan fingerprint density at radius 1 is 1.05 bits per heavy atom. The van der Waals surface area contributed by atoms with E-state index in [1.807, 2.05) is 0 Å². The van der Waals surface area contributed by atoms with E-state index in [0.717, 1.165) is 5.56 Å². The van der Waals surface area contributed by atoms with Crippen LogP contribution < -0.4 is 31.8 Å². The highest BCUT2D eigenvalue weighted by Gasteiger charge is 2.30. The number of esters is 1. The second kappa shape index (κ2) is 17.3. The van der Waals surface area contributed by atoms with Gasteiger partial charge in [-0.2, -0.15) is 0 Å². The zero-order valence-corrected chi connectivity index (χ0v) is 22.2. The van der Waals surface area contributed by atoms with Gasteiger partial charge in [-0.05, 0) is 43.4 Å². The predicted molar refractivity (Wildman–Crippen MR) is 144 cm³/mol. The number of benzene rings is 1. The van der Waals surface area contributed by atoms with Crippen LogP contribution in [-0.2, 0) is 30.3 Å². The molecular formula is C27H40N5O6+. The molecule has 1 aromatic rings. The third-order valence-corrected chi connectivity index (χ3v) is 5.58. The van der Waals surface area contributed by atoms with Gasteiger partial charge in [-0.25, -0.2) is 4.79 Å². The molecule has 0 radical (unpaired) electrons. The molecule has 11 nitrogen and oxygen atoms in total. The number of hydrogen-bond acceptors (Lipinski definition) is 6. The Bertz CT molecular complexity index is 988. The van der Waals surface area contributed by atoms with Crippen molar-refractivity contribution in [2.75, 3.05) is 20.3 Å². The summed E-state index contributed by atoms with van der Waals surface area (Å²) in [5, 5.41) is 5.35. The lowest BCUT2D eigenvalue weighted by atomic mass is 9.90. The zero-order chi connectivity index (χ0) is 28.5. The predicted octanol–water partition coefficient (Wildman–Crippen LogP) is -0.758. The minimum Gasteiger partial charge on any atom is -0.490 e. The molecule has 11 heteroatoms. The first-order chi connectivity index (χ1) is 18.1. The number of hydrogen-bond donors (Lipinski definition) is 5. The van der Waals surface area contributed by atoms with Crippen molar-refractivity contribution in [2.24, 2.45) is 17.4 Å². The lowest BCUT2D eigenvalue weighted by molar-refractivity contribution is -0.459. The molecule has 0 unspecified atom stereocenters. The standard InChI is InChI=1S/C27H39N5O6/c1-5-8-22(26(36)37-4)32-25(35)20(9-7-14-30-27(28)29)17-24(34)23(31-18(3)33)16-19-10-12-21(13-11-19)38-15-6-2/h5-6,10-13,20,22-23H,1-2,7-9,14-17H2,3-4H3,(H,31,33)(H,32,35)(H4,28,29,30)/p+1/t20-,22+,23+/m1/s1. The molecule has 38 heavy (non-hydrogen) atoms. The van der Waals surface area contributed by atoms with Crippen molar-refractivity contribution in [1.29, 1.82) is 0 Å². The molecule has 0 bridgehead atoms. The molecule has 208 valence electrons. The van der Waals surface area contributed by atoms with Crippen LogP contribution in [-0.4, -0.2) is 61.9 Å². The maximum absolute atomic E-state index is 13.4. The first kappa shape index (κ1) is 31.9. The summed E-state index contributed by atoms with van der Waals surface area (Å²) in [4.78, 5) is 53.2. The molecule has 0 saturated heterocycles. The van der Waals surface area contributed by atoms with E-state index in [0.29, 0.717) is 31.7 Å². The monoisotopic (exact) mass is 530 g/mol. The van der Waals surface area contributed by atoms with E-state index >= 15 is 0 Å². The molecular weight excluding hydrogens is 490 g/mol. The number of carbonyl (C=O) groups is 4. The van der Waals surface area contributed by atoms with Crippen LogP contribution in [0.15, 0.2) is 49.6 Å². The number of rotatable bonds is 18. The third-order valence-electron chi connectivity index (χ3n) is 5.58. The second-order valence-corrected chi connectivity index (χ2v) is 8.70. The smallest absolute Gasteiger partial charge is 0.338 e. The van der Waals surface area contributed by atoms with Gasteiger partial charge in [0.25, 0.3) is 0 Å². The van der Waals surface area contributed by atoms with Gasteiger partial charge in [-0.3, -0.25) is 30.8 Å². The van der Waals surface area contributed by atoms with Crippen molar-refractivity contribution in [1.82, 2.24) is 10.6 Å². The van der Waals surface area contributed by atoms with Crippen molar-refractivity contribution in [2.45, 2.75) is 51.1 Å². The van der Waals surface area contributed by atoms with Crippen LogP contribution in [0.1, 0.15) is 38.2 Å². The lowest BCUT2D eigenvalue weighted by Gasteiger charge is -2.23. The fraction of sp³-hybridized carbons (Fsp3) is 0.444. The number of nitrogens with one attached hydrogen (secondary N) is 3. The van der Waals surface area contributed by atoms with Crippen molar-refractivity contribution in [3.05, 3.63) is 55.1 Å². The van der Waals surface area contributed by atoms with E-state index in [4.69, 9.17) is 20.9 Å². The van der Waals surface area contributed by atoms with Gasteiger partial charge in [0.05, 0.1) is 19.7 Å². The van der Waals surface area contributed by atoms with Gasteiger partial charge in [0.2, 0.25) is 11.8 Å². The van der Waals surface area contributed by atoms with Crippen molar-refractivity contribution in [3.8, 4) is 5.75 Å². The second-order valence-electron chi connectivity index (χ2n) is 8.70. The van der Waals surface area contributed by atoms with Crippen molar-refractivity contribution < 1.29 is 33.6 Å². The van der Waals surface area contributed by atoms with E-state index < -0.39 is 29.9 Å². The lowest BCUT2D eigenvalue weighted by Crippen LogP contribution is -2.78. The number of ketones is 1. The van der Waals surface area contributed by atoms with Gasteiger partial charge in [0.15, 0.2) is 5.78 Å². The number of Topliss-reactive ketones (excluding diaryl/α,β-unsaturated/α-hetero) is 1. The highest BCUT2D eigenvalue weighted by molar-refractivity contribution is 5.93. The number of methoxy groups -OCH3 is 1. The quantitative estimate of drug-likeness (QED) is 0.0541. The third kappa shape index (κ3) is 12.2. The van der Waals surface area contributed by atoms with Gasteiger partial charge in [-0.15, -0.1) is 6.58 Å². The Hall–Kier alpha value is -4.15. The molecule has 0 aliphatic carbocycles. The fourth-order valence-corrected chi connectivity index (χ4v) is 3.71. The van der Waals surface area contributed by atoms with Crippen LogP contribution >= 0.6 is 0 Å². The molecule has 0 aliphatic rings. The molecule has 2 amide bonds. The van der Waals surface area contributed by atoms with Crippen LogP contribution in [0.3, 0.4) is 0 Å². The summed E-state index contributed by atoms with van der Waals surface area (Å²) < 4.78 is 10.2. The Morgan fingerprint density at radius 2 is 1.74 bits per heavy atom. The van der Waals surface area contributed by atoms with E-state index in [9.17, 15) is 19.2 Å². The number of ether oxygens (including phenoxy) is 2. The molecule has 0 heterocycles. The van der Waals surface area contributed by atoms with Gasteiger partial charge in [0.1, 0.15) is 18.4 Å². The highest BCUT2D eigenvalue weighted by atomic mass is 16.5. The minimum atomic E-state index is -0.929. The van der Waals surface area contributed by atoms with Gasteiger partial charge in [0, 0.05) is 19.3 Å². The first-order valence-corrected chi connectivity index (χ1v) is 12.3. The fourth-order valence-electron chi connectivity index (χ4n) is 3.71. The SMILES string of the molecule is C=CCOc1ccc(C[C@H](NC(C)=O)C(=O)C[C@@H](CCC[NH+]=C(N)N)C(=O)N[C@@H](CC=C)C(=O)OC)cc1. The minimum absolute atomic E-state index is 0.0467. The van der Waals surface area contributed by atoms with Crippen molar-refractivity contribution in [3.63, 3.8) is 0 Å². The number of guanidine groups is 1. The molecule has 0 aliphatic heterocycles. The molecule has 0 spiro atoms. The normalized spacial score (nSPS) is 12.7. The Labute approximate surface area is 223 Å². The van der Waals surface area contributed by atoms with Crippen molar-refractivity contribution >= 4 is 29.5 Å². The summed E-state index contributed by atoms with van der Waals surface area (Å²) in [7, 11) is 1.22. The summed E-state index contributed by atoms with van der Waals surface area (Å²) in [6.07, 6.45) is 4.16. The molecule has 0 fully saturated rings. The summed E-state index contributed by atoms with van der Waals surface area (Å²) in [6, 6.07) is 5.37. The van der Waals surface area contributed by atoms with Crippen LogP contribution in [0.5, 0.6) is 5.75 Å². The van der Waals surface area contributed by atoms with Crippen LogP contribution in [0.4, 0.5) is 0 Å². The number of carbonyl (C=O) groups excluding carboxylic acids is 4. The van der Waals surface area contributed by atoms with E-state index in [2.05, 4.69) is 28.8 Å². The van der Waals surface area contributed by atoms with Gasteiger partial charge >= 0.3 is 11.9 Å². The topological polar surface area (TPSA) is 177 Å². The van der Waals surface area contributed by atoms with Crippen LogP contribution in [0.25, 0.3) is 0 Å². The molecule has 3 atom stereocenters. The first-order valence-electron chi connectivity index (χ1n) is 12.3. The van der Waals surface area contributed by atoms with E-state index in [-0.39, 0.29) is 36.9 Å². The highest BCUT2D eigenvalue weighted by Crippen LogP contribution is 2.18. The van der Waals surface area contributed by atoms with Crippen LogP contribution in [0, 0.1) is 5.92 Å². The average molecular weight is 531 g/mol. The number of nitrogens with two attached hydrogens (primary N) is 2. The summed E-state index contributed by atoms with van der Waals surface area (Å²) >= 11 is 0. The Kier molecular flexibility index (Phi) is 14.5. The van der Waals surface area contributed by atoms with E-state index in [1.54, 1.807) is 30.3 Å². The Balaban J connectivity index is 3.06. The van der Waals surface area contributed by atoms with E-state index in [1.165, 1.54) is 20.1 Å². The molecule has 1 rings (SSSR count).